The van der Waals surface area contributed by atoms with Crippen LogP contribution in [-0.4, -0.2) is 38.6 Å². The molecule has 2 atom stereocenters. The summed E-state index contributed by atoms with van der Waals surface area (Å²) in [5.41, 5.74) is 5.95. The predicted octanol–water partition coefficient (Wildman–Crippen LogP) is 3.16. The second kappa shape index (κ2) is 10.6. The predicted molar refractivity (Wildman–Crippen MR) is 119 cm³/mol. The van der Waals surface area contributed by atoms with E-state index < -0.39 is 39.6 Å². The topological polar surface area (TPSA) is 122 Å². The number of nitrogens with two attached hydrogens (primary N) is 1. The number of carbonyl (C=O) groups is 2. The molecular formula is C23H29NO7S. The lowest BCUT2D eigenvalue weighted by molar-refractivity contribution is -0.157. The van der Waals surface area contributed by atoms with E-state index in [0.717, 1.165) is 0 Å². The van der Waals surface area contributed by atoms with Crippen LogP contribution in [0, 0.1) is 0 Å². The van der Waals surface area contributed by atoms with E-state index >= 15 is 0 Å². The Balaban J connectivity index is 2.26. The van der Waals surface area contributed by atoms with E-state index in [2.05, 4.69) is 0 Å². The van der Waals surface area contributed by atoms with Gasteiger partial charge in [0.2, 0.25) is 0 Å². The van der Waals surface area contributed by atoms with Crippen LogP contribution in [0.15, 0.2) is 59.5 Å². The monoisotopic (exact) mass is 463 g/mol. The molecule has 2 unspecified atom stereocenters. The summed E-state index contributed by atoms with van der Waals surface area (Å²) in [4.78, 5) is 24.7. The molecule has 32 heavy (non-hydrogen) atoms. The van der Waals surface area contributed by atoms with Crippen LogP contribution in [0.25, 0.3) is 0 Å². The van der Waals surface area contributed by atoms with Crippen molar-refractivity contribution in [3.05, 3.63) is 60.2 Å². The number of esters is 2. The van der Waals surface area contributed by atoms with Crippen LogP contribution >= 0.6 is 0 Å². The van der Waals surface area contributed by atoms with Crippen LogP contribution in [0.5, 0.6) is 5.75 Å². The highest BCUT2D eigenvalue weighted by atomic mass is 32.2. The lowest BCUT2D eigenvalue weighted by Crippen LogP contribution is -2.42. The maximum atomic E-state index is 12.5. The highest BCUT2D eigenvalue weighted by Crippen LogP contribution is 2.28. The van der Waals surface area contributed by atoms with E-state index in [9.17, 15) is 18.0 Å². The van der Waals surface area contributed by atoms with Gasteiger partial charge in [-0.05, 0) is 57.5 Å². The summed E-state index contributed by atoms with van der Waals surface area (Å²) in [5, 5.41) is 0. The number of carbonyl (C=O) groups excluding carboxylic acids is 2. The average Bonchev–Trinajstić information content (AvgIpc) is 2.71. The Morgan fingerprint density at radius 3 is 2.12 bits per heavy atom. The van der Waals surface area contributed by atoms with Gasteiger partial charge in [-0.1, -0.05) is 30.3 Å². The molecular weight excluding hydrogens is 434 g/mol. The SMILES string of the molecule is CCOC(=O)CC(c1ccc(OS(=O)(=O)c2ccccc2)cc1)C(N)C(=O)OC(C)(C)C. The van der Waals surface area contributed by atoms with Crippen molar-refractivity contribution in [3.63, 3.8) is 0 Å². The number of hydrogen-bond acceptors (Lipinski definition) is 8. The fraction of sp³-hybridized carbons (Fsp3) is 0.391. The van der Waals surface area contributed by atoms with Crippen molar-refractivity contribution in [2.24, 2.45) is 5.73 Å². The van der Waals surface area contributed by atoms with Gasteiger partial charge in [0.05, 0.1) is 13.0 Å². The molecule has 2 aromatic rings. The highest BCUT2D eigenvalue weighted by Gasteiger charge is 2.32. The van der Waals surface area contributed by atoms with Gasteiger partial charge in [-0.3, -0.25) is 9.59 Å². The molecule has 2 rings (SSSR count). The van der Waals surface area contributed by atoms with Crippen molar-refractivity contribution < 1.29 is 31.7 Å². The standard InChI is InChI=1S/C23H29NO7S/c1-5-29-20(25)15-19(21(24)22(26)30-23(2,3)4)16-11-13-17(14-12-16)31-32(27,28)18-9-7-6-8-10-18/h6-14,19,21H,5,15,24H2,1-4H3. The van der Waals surface area contributed by atoms with Gasteiger partial charge >= 0.3 is 22.1 Å². The largest absolute Gasteiger partial charge is 0.466 e. The van der Waals surface area contributed by atoms with E-state index in [1.807, 2.05) is 0 Å². The van der Waals surface area contributed by atoms with E-state index in [1.54, 1.807) is 58.0 Å². The minimum absolute atomic E-state index is 0.0243. The molecule has 2 N–H and O–H groups in total. The van der Waals surface area contributed by atoms with Crippen molar-refractivity contribution in [1.82, 2.24) is 0 Å². The fourth-order valence-corrected chi connectivity index (χ4v) is 3.87. The molecule has 0 saturated carbocycles. The molecule has 0 aliphatic heterocycles. The van der Waals surface area contributed by atoms with Crippen molar-refractivity contribution >= 4 is 22.1 Å². The third-order valence-corrected chi connectivity index (χ3v) is 5.61. The molecule has 0 heterocycles. The first-order chi connectivity index (χ1) is 14.9. The van der Waals surface area contributed by atoms with Gasteiger partial charge in [-0.15, -0.1) is 0 Å². The van der Waals surface area contributed by atoms with Crippen LogP contribution in [0.1, 0.15) is 45.6 Å². The second-order valence-corrected chi connectivity index (χ2v) is 9.64. The highest BCUT2D eigenvalue weighted by molar-refractivity contribution is 7.87. The molecule has 0 fully saturated rings. The van der Waals surface area contributed by atoms with Crippen molar-refractivity contribution in [2.75, 3.05) is 6.61 Å². The molecule has 0 amide bonds. The summed E-state index contributed by atoms with van der Waals surface area (Å²) in [6.45, 7) is 7.03. The minimum Gasteiger partial charge on any atom is -0.466 e. The summed E-state index contributed by atoms with van der Waals surface area (Å²) in [7, 11) is -4.00. The quantitative estimate of drug-likeness (QED) is 0.444. The van der Waals surface area contributed by atoms with E-state index in [-0.39, 0.29) is 23.7 Å². The first-order valence-electron chi connectivity index (χ1n) is 10.2. The fourth-order valence-electron chi connectivity index (χ4n) is 2.92. The van der Waals surface area contributed by atoms with Gasteiger partial charge in [0, 0.05) is 5.92 Å². The summed E-state index contributed by atoms with van der Waals surface area (Å²) in [6.07, 6.45) is -0.142. The Morgan fingerprint density at radius 1 is 1.00 bits per heavy atom. The summed E-state index contributed by atoms with van der Waals surface area (Å²) >= 11 is 0. The molecule has 0 aliphatic carbocycles. The molecule has 0 saturated heterocycles. The Hall–Kier alpha value is -2.91. The molecule has 0 radical (unpaired) electrons. The van der Waals surface area contributed by atoms with Gasteiger partial charge in [0.1, 0.15) is 22.3 Å². The zero-order valence-electron chi connectivity index (χ0n) is 18.6. The van der Waals surface area contributed by atoms with Crippen molar-refractivity contribution in [3.8, 4) is 5.75 Å². The van der Waals surface area contributed by atoms with Gasteiger partial charge in [-0.25, -0.2) is 0 Å². The summed E-state index contributed by atoms with van der Waals surface area (Å²) < 4.78 is 40.4. The van der Waals surface area contributed by atoms with Gasteiger partial charge in [0.25, 0.3) is 0 Å². The van der Waals surface area contributed by atoms with Crippen LogP contribution < -0.4 is 9.92 Å². The Kier molecular flexibility index (Phi) is 8.40. The molecule has 0 spiro atoms. The van der Waals surface area contributed by atoms with Gasteiger partial charge in [-0.2, -0.15) is 8.42 Å². The number of hydrogen-bond donors (Lipinski definition) is 1. The minimum atomic E-state index is -4.00. The average molecular weight is 464 g/mol. The van der Waals surface area contributed by atoms with E-state index in [1.165, 1.54) is 24.3 Å². The Labute approximate surface area is 188 Å². The molecule has 0 aliphatic rings. The third-order valence-electron chi connectivity index (χ3n) is 4.35. The first-order valence-corrected chi connectivity index (χ1v) is 11.6. The van der Waals surface area contributed by atoms with Crippen molar-refractivity contribution in [1.29, 1.82) is 0 Å². The number of benzene rings is 2. The molecule has 2 aromatic carbocycles. The summed E-state index contributed by atoms with van der Waals surface area (Å²) in [6, 6.07) is 12.6. The Bertz CT molecular complexity index is 1010. The normalized spacial score (nSPS) is 13.7. The molecule has 8 nitrogen and oxygen atoms in total. The third kappa shape index (κ3) is 7.35. The Morgan fingerprint density at radius 2 is 1.59 bits per heavy atom. The van der Waals surface area contributed by atoms with Gasteiger partial charge < -0.3 is 19.4 Å². The van der Waals surface area contributed by atoms with Gasteiger partial charge in [0.15, 0.2) is 0 Å². The number of rotatable bonds is 9. The summed E-state index contributed by atoms with van der Waals surface area (Å²) in [5.74, 6) is -1.82. The smallest absolute Gasteiger partial charge is 0.339 e. The molecule has 9 heteroatoms. The molecule has 174 valence electrons. The number of ether oxygens (including phenoxy) is 2. The van der Waals surface area contributed by atoms with E-state index in [0.29, 0.717) is 5.56 Å². The zero-order chi connectivity index (χ0) is 23.9. The molecule has 0 bridgehead atoms. The van der Waals surface area contributed by atoms with Crippen LogP contribution in [-0.2, 0) is 29.2 Å². The lowest BCUT2D eigenvalue weighted by atomic mass is 9.88. The van der Waals surface area contributed by atoms with Crippen LogP contribution in [0.2, 0.25) is 0 Å². The lowest BCUT2D eigenvalue weighted by Gasteiger charge is -2.27. The van der Waals surface area contributed by atoms with Crippen LogP contribution in [0.3, 0.4) is 0 Å². The van der Waals surface area contributed by atoms with E-state index in [4.69, 9.17) is 19.4 Å². The second-order valence-electron chi connectivity index (χ2n) is 8.09. The van der Waals surface area contributed by atoms with Crippen molar-refractivity contribution in [2.45, 2.75) is 56.6 Å². The maximum absolute atomic E-state index is 12.5. The molecule has 0 aromatic heterocycles. The zero-order valence-corrected chi connectivity index (χ0v) is 19.4. The van der Waals surface area contributed by atoms with Crippen LogP contribution in [0.4, 0.5) is 0 Å². The maximum Gasteiger partial charge on any atom is 0.339 e. The first kappa shape index (κ1) is 25.4.